The number of likely N-dealkylation sites (tertiary alicyclic amines) is 1. The van der Waals surface area contributed by atoms with Crippen molar-refractivity contribution in [2.45, 2.75) is 19.3 Å². The monoisotopic (exact) mass is 357 g/mol. The molecule has 2 aromatic rings. The molecule has 1 aromatic carbocycles. The Kier molecular flexibility index (Phi) is 5.14. The predicted octanol–water partition coefficient (Wildman–Crippen LogP) is 2.73. The molecule has 1 aromatic heterocycles. The standard InChI is InChI=1S/C18H19N3O3S/c19-15(22)14-8-11-25-17(14)20-16(23)12-4-6-13(7-5-12)18(24)21-9-2-1-3-10-21/h4-8,11H,1-3,9-10H2,(H2,19,22)(H,20,23). The highest BCUT2D eigenvalue weighted by Gasteiger charge is 2.19. The highest BCUT2D eigenvalue weighted by molar-refractivity contribution is 7.14. The normalized spacial score (nSPS) is 14.2. The molecule has 1 saturated heterocycles. The molecule has 0 radical (unpaired) electrons. The van der Waals surface area contributed by atoms with Crippen LogP contribution in [0, 0.1) is 0 Å². The Morgan fingerprint density at radius 2 is 1.60 bits per heavy atom. The van der Waals surface area contributed by atoms with Gasteiger partial charge in [-0.25, -0.2) is 0 Å². The van der Waals surface area contributed by atoms with E-state index in [0.717, 1.165) is 25.9 Å². The Labute approximate surface area is 149 Å². The Hall–Kier alpha value is -2.67. The number of hydrogen-bond donors (Lipinski definition) is 2. The van der Waals surface area contributed by atoms with Gasteiger partial charge in [-0.15, -0.1) is 11.3 Å². The molecule has 2 heterocycles. The van der Waals surface area contributed by atoms with Crippen molar-refractivity contribution in [1.82, 2.24) is 4.90 Å². The zero-order valence-corrected chi connectivity index (χ0v) is 14.5. The quantitative estimate of drug-likeness (QED) is 0.881. The Morgan fingerprint density at radius 1 is 0.960 bits per heavy atom. The number of anilines is 1. The van der Waals surface area contributed by atoms with Crippen LogP contribution in [0.15, 0.2) is 35.7 Å². The van der Waals surface area contributed by atoms with Crippen LogP contribution in [0.1, 0.15) is 50.3 Å². The molecule has 1 aliphatic rings. The van der Waals surface area contributed by atoms with Crippen molar-refractivity contribution in [3.05, 3.63) is 52.4 Å². The number of carbonyl (C=O) groups is 3. The molecule has 1 aliphatic heterocycles. The maximum Gasteiger partial charge on any atom is 0.256 e. The highest BCUT2D eigenvalue weighted by atomic mass is 32.1. The summed E-state index contributed by atoms with van der Waals surface area (Å²) in [5.41, 5.74) is 6.55. The van der Waals surface area contributed by atoms with E-state index in [2.05, 4.69) is 5.32 Å². The number of rotatable bonds is 4. The van der Waals surface area contributed by atoms with E-state index in [1.54, 1.807) is 35.7 Å². The third-order valence-corrected chi connectivity index (χ3v) is 5.02. The summed E-state index contributed by atoms with van der Waals surface area (Å²) in [7, 11) is 0. The topological polar surface area (TPSA) is 92.5 Å². The van der Waals surface area contributed by atoms with E-state index in [-0.39, 0.29) is 17.4 Å². The van der Waals surface area contributed by atoms with Crippen LogP contribution in [-0.2, 0) is 0 Å². The third-order valence-electron chi connectivity index (χ3n) is 4.20. The van der Waals surface area contributed by atoms with Crippen LogP contribution in [0.4, 0.5) is 5.00 Å². The maximum atomic E-state index is 12.4. The lowest BCUT2D eigenvalue weighted by Gasteiger charge is -2.26. The van der Waals surface area contributed by atoms with Gasteiger partial charge in [0, 0.05) is 24.2 Å². The molecular weight excluding hydrogens is 338 g/mol. The average Bonchev–Trinajstić information content (AvgIpc) is 3.10. The van der Waals surface area contributed by atoms with Crippen LogP contribution >= 0.6 is 11.3 Å². The Bertz CT molecular complexity index is 792. The predicted molar refractivity (Wildman–Crippen MR) is 97.0 cm³/mol. The number of carbonyl (C=O) groups excluding carboxylic acids is 3. The molecule has 7 heteroatoms. The van der Waals surface area contributed by atoms with Crippen LogP contribution in [-0.4, -0.2) is 35.7 Å². The fraction of sp³-hybridized carbons (Fsp3) is 0.278. The number of hydrogen-bond acceptors (Lipinski definition) is 4. The zero-order valence-electron chi connectivity index (χ0n) is 13.7. The van der Waals surface area contributed by atoms with Gasteiger partial charge in [-0.3, -0.25) is 14.4 Å². The molecule has 130 valence electrons. The SMILES string of the molecule is NC(=O)c1ccsc1NC(=O)c1ccc(C(=O)N2CCCCC2)cc1. The summed E-state index contributed by atoms with van der Waals surface area (Å²) in [5.74, 6) is -0.929. The molecule has 6 nitrogen and oxygen atoms in total. The van der Waals surface area contributed by atoms with Crippen LogP contribution in [0.3, 0.4) is 0 Å². The van der Waals surface area contributed by atoms with Crippen LogP contribution < -0.4 is 11.1 Å². The second kappa shape index (κ2) is 7.48. The first-order valence-electron chi connectivity index (χ1n) is 8.14. The summed E-state index contributed by atoms with van der Waals surface area (Å²) in [5, 5.41) is 4.80. The average molecular weight is 357 g/mol. The summed E-state index contributed by atoms with van der Waals surface area (Å²) in [6.45, 7) is 1.57. The zero-order chi connectivity index (χ0) is 17.8. The Morgan fingerprint density at radius 3 is 2.24 bits per heavy atom. The van der Waals surface area contributed by atoms with Gasteiger partial charge in [0.25, 0.3) is 17.7 Å². The number of thiophene rings is 1. The lowest BCUT2D eigenvalue weighted by Crippen LogP contribution is -2.35. The minimum absolute atomic E-state index is 0.000861. The van der Waals surface area contributed by atoms with Crippen molar-refractivity contribution in [2.75, 3.05) is 18.4 Å². The highest BCUT2D eigenvalue weighted by Crippen LogP contribution is 2.23. The van der Waals surface area contributed by atoms with Crippen LogP contribution in [0.2, 0.25) is 0 Å². The largest absolute Gasteiger partial charge is 0.366 e. The van der Waals surface area contributed by atoms with Crippen molar-refractivity contribution < 1.29 is 14.4 Å². The second-order valence-corrected chi connectivity index (χ2v) is 6.83. The maximum absolute atomic E-state index is 12.4. The minimum Gasteiger partial charge on any atom is -0.366 e. The first-order valence-corrected chi connectivity index (χ1v) is 9.02. The fourth-order valence-electron chi connectivity index (χ4n) is 2.82. The van der Waals surface area contributed by atoms with Crippen molar-refractivity contribution in [3.8, 4) is 0 Å². The summed E-state index contributed by atoms with van der Waals surface area (Å²) < 4.78 is 0. The Balaban J connectivity index is 1.69. The fourth-order valence-corrected chi connectivity index (χ4v) is 3.61. The van der Waals surface area contributed by atoms with Gasteiger partial charge in [-0.05, 0) is 55.0 Å². The summed E-state index contributed by atoms with van der Waals surface area (Å²) in [6, 6.07) is 8.13. The number of piperidine rings is 1. The minimum atomic E-state index is -0.584. The number of benzene rings is 1. The van der Waals surface area contributed by atoms with Crippen molar-refractivity contribution in [2.24, 2.45) is 5.73 Å². The summed E-state index contributed by atoms with van der Waals surface area (Å²) in [4.78, 5) is 37.9. The molecule has 3 rings (SSSR count). The van der Waals surface area contributed by atoms with Gasteiger partial charge < -0.3 is 16.0 Å². The molecule has 3 amide bonds. The molecule has 0 bridgehead atoms. The molecular formula is C18H19N3O3S. The number of amides is 3. The summed E-state index contributed by atoms with van der Waals surface area (Å²) in [6.07, 6.45) is 3.24. The van der Waals surface area contributed by atoms with E-state index >= 15 is 0 Å². The molecule has 0 unspecified atom stereocenters. The van der Waals surface area contributed by atoms with E-state index < -0.39 is 5.91 Å². The van der Waals surface area contributed by atoms with E-state index in [1.807, 2.05) is 4.90 Å². The van der Waals surface area contributed by atoms with Crippen molar-refractivity contribution in [1.29, 1.82) is 0 Å². The van der Waals surface area contributed by atoms with Crippen molar-refractivity contribution >= 4 is 34.1 Å². The van der Waals surface area contributed by atoms with E-state index in [0.29, 0.717) is 16.1 Å². The van der Waals surface area contributed by atoms with Gasteiger partial charge in [-0.2, -0.15) is 0 Å². The molecule has 0 saturated carbocycles. The van der Waals surface area contributed by atoms with Gasteiger partial charge in [0.15, 0.2) is 0 Å². The molecule has 3 N–H and O–H groups in total. The number of nitrogens with zero attached hydrogens (tertiary/aromatic N) is 1. The van der Waals surface area contributed by atoms with Gasteiger partial charge >= 0.3 is 0 Å². The molecule has 0 spiro atoms. The molecule has 0 atom stereocenters. The first-order chi connectivity index (χ1) is 12.1. The van der Waals surface area contributed by atoms with E-state index in [4.69, 9.17) is 5.73 Å². The van der Waals surface area contributed by atoms with Gasteiger partial charge in [0.2, 0.25) is 0 Å². The van der Waals surface area contributed by atoms with Crippen LogP contribution in [0.5, 0.6) is 0 Å². The molecule has 0 aliphatic carbocycles. The van der Waals surface area contributed by atoms with Crippen LogP contribution in [0.25, 0.3) is 0 Å². The van der Waals surface area contributed by atoms with Crippen molar-refractivity contribution in [3.63, 3.8) is 0 Å². The molecule has 25 heavy (non-hydrogen) atoms. The second-order valence-electron chi connectivity index (χ2n) is 5.91. The van der Waals surface area contributed by atoms with Gasteiger partial charge in [-0.1, -0.05) is 0 Å². The van der Waals surface area contributed by atoms with E-state index in [9.17, 15) is 14.4 Å². The first kappa shape index (κ1) is 17.2. The number of primary amides is 1. The lowest BCUT2D eigenvalue weighted by molar-refractivity contribution is 0.0723. The lowest BCUT2D eigenvalue weighted by atomic mass is 10.1. The van der Waals surface area contributed by atoms with Gasteiger partial charge in [0.1, 0.15) is 5.00 Å². The third kappa shape index (κ3) is 3.88. The molecule has 1 fully saturated rings. The summed E-state index contributed by atoms with van der Waals surface area (Å²) >= 11 is 1.23. The smallest absolute Gasteiger partial charge is 0.256 e. The van der Waals surface area contributed by atoms with Gasteiger partial charge in [0.05, 0.1) is 5.56 Å². The number of nitrogens with one attached hydrogen (secondary N) is 1. The van der Waals surface area contributed by atoms with E-state index in [1.165, 1.54) is 17.8 Å². The number of nitrogens with two attached hydrogens (primary N) is 1.